The number of nitrogens with zero attached hydrogens (tertiary/aromatic N) is 4. The number of carbonyl (C=O) groups is 1. The number of aryl methyl sites for hydroxylation is 2. The Kier molecular flexibility index (Phi) is 3.42. The minimum Gasteiger partial charge on any atom is -0.335 e. The van der Waals surface area contributed by atoms with Gasteiger partial charge in [0.25, 0.3) is 5.91 Å². The van der Waals surface area contributed by atoms with Crippen molar-refractivity contribution in [2.75, 3.05) is 11.9 Å². The highest BCUT2D eigenvalue weighted by Crippen LogP contribution is 2.12. The first-order chi connectivity index (χ1) is 8.60. The number of nitrogens with two attached hydrogens (primary N) is 1. The topological polar surface area (TPSA) is 90.8 Å². The van der Waals surface area contributed by atoms with Crippen LogP contribution in [0.3, 0.4) is 0 Å². The van der Waals surface area contributed by atoms with Crippen molar-refractivity contribution in [3.63, 3.8) is 0 Å². The lowest BCUT2D eigenvalue weighted by molar-refractivity contribution is 0.102. The molecule has 0 atom stereocenters. The standard InChI is InChI=1S/C11H16N6O/c1-8-9(5-16(2)15-8)14-11(18)10-6-17(4-3-12)7-13-10/h5-7H,3-4,12H2,1-2H3,(H,14,18). The molecule has 0 aliphatic carbocycles. The van der Waals surface area contributed by atoms with Gasteiger partial charge >= 0.3 is 0 Å². The summed E-state index contributed by atoms with van der Waals surface area (Å²) in [5, 5.41) is 6.93. The zero-order chi connectivity index (χ0) is 13.1. The fourth-order valence-corrected chi connectivity index (χ4v) is 1.66. The normalized spacial score (nSPS) is 10.6. The Hall–Kier alpha value is -2.15. The molecule has 0 saturated carbocycles. The Morgan fingerprint density at radius 1 is 1.50 bits per heavy atom. The second kappa shape index (κ2) is 5.01. The van der Waals surface area contributed by atoms with Crippen LogP contribution in [-0.2, 0) is 13.6 Å². The molecular formula is C11H16N6O. The van der Waals surface area contributed by atoms with Crippen LogP contribution >= 0.6 is 0 Å². The van der Waals surface area contributed by atoms with Gasteiger partial charge in [0.1, 0.15) is 5.69 Å². The lowest BCUT2D eigenvalue weighted by Crippen LogP contribution is -2.13. The molecule has 0 fully saturated rings. The van der Waals surface area contributed by atoms with Crippen molar-refractivity contribution in [2.45, 2.75) is 13.5 Å². The Labute approximate surface area is 105 Å². The Morgan fingerprint density at radius 3 is 2.89 bits per heavy atom. The first-order valence-corrected chi connectivity index (χ1v) is 5.63. The number of aromatic nitrogens is 4. The lowest BCUT2D eigenvalue weighted by Gasteiger charge is -2.00. The van der Waals surface area contributed by atoms with Crippen molar-refractivity contribution in [2.24, 2.45) is 12.8 Å². The van der Waals surface area contributed by atoms with E-state index >= 15 is 0 Å². The van der Waals surface area contributed by atoms with Crippen LogP contribution in [0.2, 0.25) is 0 Å². The van der Waals surface area contributed by atoms with Crippen LogP contribution in [0.15, 0.2) is 18.7 Å². The van der Waals surface area contributed by atoms with Gasteiger partial charge in [-0.15, -0.1) is 0 Å². The van der Waals surface area contributed by atoms with E-state index in [0.717, 1.165) is 5.69 Å². The van der Waals surface area contributed by atoms with Crippen molar-refractivity contribution in [1.82, 2.24) is 19.3 Å². The van der Waals surface area contributed by atoms with E-state index in [2.05, 4.69) is 15.4 Å². The molecule has 0 aliphatic rings. The number of hydrogen-bond donors (Lipinski definition) is 2. The van der Waals surface area contributed by atoms with Crippen LogP contribution in [-0.4, -0.2) is 31.8 Å². The predicted octanol–water partition coefficient (Wildman–Crippen LogP) is 0.136. The molecule has 0 radical (unpaired) electrons. The maximum atomic E-state index is 11.9. The van der Waals surface area contributed by atoms with Gasteiger partial charge in [-0.3, -0.25) is 9.48 Å². The van der Waals surface area contributed by atoms with Crippen LogP contribution < -0.4 is 11.1 Å². The average molecular weight is 248 g/mol. The third-order valence-corrected chi connectivity index (χ3v) is 2.51. The molecule has 0 aliphatic heterocycles. The molecule has 0 aromatic carbocycles. The van der Waals surface area contributed by atoms with E-state index in [-0.39, 0.29) is 5.91 Å². The minimum absolute atomic E-state index is 0.248. The van der Waals surface area contributed by atoms with Crippen LogP contribution in [0.4, 0.5) is 5.69 Å². The Morgan fingerprint density at radius 2 is 2.28 bits per heavy atom. The van der Waals surface area contributed by atoms with E-state index in [1.165, 1.54) is 0 Å². The quantitative estimate of drug-likeness (QED) is 0.805. The number of nitrogens with one attached hydrogen (secondary N) is 1. The van der Waals surface area contributed by atoms with Crippen molar-refractivity contribution >= 4 is 11.6 Å². The lowest BCUT2D eigenvalue weighted by atomic mass is 10.3. The molecule has 0 saturated heterocycles. The number of imidazole rings is 1. The number of rotatable bonds is 4. The van der Waals surface area contributed by atoms with E-state index in [4.69, 9.17) is 5.73 Å². The summed E-state index contributed by atoms with van der Waals surface area (Å²) in [7, 11) is 1.80. The molecule has 2 aromatic heterocycles. The summed E-state index contributed by atoms with van der Waals surface area (Å²) in [4.78, 5) is 16.0. The van der Waals surface area contributed by atoms with Gasteiger partial charge in [0, 0.05) is 32.5 Å². The summed E-state index contributed by atoms with van der Waals surface area (Å²) >= 11 is 0. The van der Waals surface area contributed by atoms with Gasteiger partial charge in [0.05, 0.1) is 17.7 Å². The van der Waals surface area contributed by atoms with Crippen molar-refractivity contribution in [3.8, 4) is 0 Å². The molecule has 7 nitrogen and oxygen atoms in total. The third kappa shape index (κ3) is 2.57. The number of carbonyl (C=O) groups excluding carboxylic acids is 1. The molecule has 2 heterocycles. The van der Waals surface area contributed by atoms with Crippen LogP contribution in [0.25, 0.3) is 0 Å². The number of hydrogen-bond acceptors (Lipinski definition) is 4. The minimum atomic E-state index is -0.248. The molecule has 7 heteroatoms. The summed E-state index contributed by atoms with van der Waals surface area (Å²) in [6.45, 7) is 2.99. The second-order valence-electron chi connectivity index (χ2n) is 4.04. The van der Waals surface area contributed by atoms with E-state index in [1.807, 2.05) is 6.92 Å². The summed E-state index contributed by atoms with van der Waals surface area (Å²) in [6, 6.07) is 0. The zero-order valence-corrected chi connectivity index (χ0v) is 10.4. The summed E-state index contributed by atoms with van der Waals surface area (Å²) in [6.07, 6.45) is 5.02. The molecule has 0 bridgehead atoms. The van der Waals surface area contributed by atoms with Gasteiger partial charge in [0.2, 0.25) is 0 Å². The molecule has 0 spiro atoms. The number of anilines is 1. The van der Waals surface area contributed by atoms with E-state index < -0.39 is 0 Å². The highest BCUT2D eigenvalue weighted by molar-refractivity contribution is 6.02. The van der Waals surface area contributed by atoms with E-state index in [1.54, 1.807) is 35.0 Å². The van der Waals surface area contributed by atoms with Gasteiger partial charge < -0.3 is 15.6 Å². The molecule has 1 amide bonds. The van der Waals surface area contributed by atoms with Gasteiger partial charge in [-0.1, -0.05) is 0 Å². The molecule has 18 heavy (non-hydrogen) atoms. The third-order valence-electron chi connectivity index (χ3n) is 2.51. The van der Waals surface area contributed by atoms with Gasteiger partial charge in [0.15, 0.2) is 0 Å². The van der Waals surface area contributed by atoms with E-state index in [0.29, 0.717) is 24.5 Å². The van der Waals surface area contributed by atoms with Crippen molar-refractivity contribution < 1.29 is 4.79 Å². The predicted molar refractivity (Wildman–Crippen MR) is 67.2 cm³/mol. The molecule has 2 aromatic rings. The van der Waals surface area contributed by atoms with Crippen LogP contribution in [0.1, 0.15) is 16.2 Å². The molecular weight excluding hydrogens is 232 g/mol. The maximum Gasteiger partial charge on any atom is 0.275 e. The largest absolute Gasteiger partial charge is 0.335 e. The Balaban J connectivity index is 2.09. The van der Waals surface area contributed by atoms with Gasteiger partial charge in [-0.25, -0.2) is 4.98 Å². The molecule has 2 rings (SSSR count). The summed E-state index contributed by atoms with van der Waals surface area (Å²) in [5.41, 5.74) is 7.26. The molecule has 96 valence electrons. The highest BCUT2D eigenvalue weighted by Gasteiger charge is 2.12. The fraction of sp³-hybridized carbons (Fsp3) is 0.364. The van der Waals surface area contributed by atoms with Gasteiger partial charge in [-0.05, 0) is 6.92 Å². The highest BCUT2D eigenvalue weighted by atomic mass is 16.1. The monoisotopic (exact) mass is 248 g/mol. The first kappa shape index (κ1) is 12.3. The maximum absolute atomic E-state index is 11.9. The Bertz CT molecular complexity index is 556. The van der Waals surface area contributed by atoms with Crippen LogP contribution in [0, 0.1) is 6.92 Å². The summed E-state index contributed by atoms with van der Waals surface area (Å²) < 4.78 is 3.43. The zero-order valence-electron chi connectivity index (χ0n) is 10.4. The van der Waals surface area contributed by atoms with Crippen molar-refractivity contribution in [3.05, 3.63) is 30.1 Å². The fourth-order valence-electron chi connectivity index (χ4n) is 1.66. The SMILES string of the molecule is Cc1nn(C)cc1NC(=O)c1cn(CCN)cn1. The molecule has 0 unspecified atom stereocenters. The average Bonchev–Trinajstić information content (AvgIpc) is 2.87. The van der Waals surface area contributed by atoms with Gasteiger partial charge in [-0.2, -0.15) is 5.10 Å². The van der Waals surface area contributed by atoms with E-state index in [9.17, 15) is 4.79 Å². The first-order valence-electron chi connectivity index (χ1n) is 5.63. The summed E-state index contributed by atoms with van der Waals surface area (Å²) in [5.74, 6) is -0.248. The van der Waals surface area contributed by atoms with Crippen molar-refractivity contribution in [1.29, 1.82) is 0 Å². The number of amides is 1. The smallest absolute Gasteiger partial charge is 0.275 e. The van der Waals surface area contributed by atoms with Crippen LogP contribution in [0.5, 0.6) is 0 Å². The second-order valence-corrected chi connectivity index (χ2v) is 4.04. The molecule has 3 N–H and O–H groups in total.